The van der Waals surface area contributed by atoms with E-state index in [-0.39, 0.29) is 6.04 Å². The van der Waals surface area contributed by atoms with Gasteiger partial charge in [-0.15, -0.1) is 0 Å². The second-order valence-electron chi connectivity index (χ2n) is 10.1. The Bertz CT molecular complexity index is 1420. The summed E-state index contributed by atoms with van der Waals surface area (Å²) in [6, 6.07) is 19.6. The minimum absolute atomic E-state index is 0.283. The monoisotopic (exact) mass is 494 g/mol. The van der Waals surface area contributed by atoms with Crippen molar-refractivity contribution in [2.24, 2.45) is 0 Å². The number of pyridine rings is 1. The second-order valence-corrected chi connectivity index (χ2v) is 10.1. The summed E-state index contributed by atoms with van der Waals surface area (Å²) in [5, 5.41) is 2.49. The first-order valence-corrected chi connectivity index (χ1v) is 13.2. The van der Waals surface area contributed by atoms with Gasteiger partial charge in [0.15, 0.2) is 0 Å². The summed E-state index contributed by atoms with van der Waals surface area (Å²) in [5.41, 5.74) is 4.61. The van der Waals surface area contributed by atoms with Crippen LogP contribution in [0.25, 0.3) is 22.0 Å². The van der Waals surface area contributed by atoms with E-state index in [0.29, 0.717) is 13.2 Å². The minimum atomic E-state index is 0.283. The highest BCUT2D eigenvalue weighted by Crippen LogP contribution is 2.33. The molecular weight excluding hydrogens is 460 g/mol. The summed E-state index contributed by atoms with van der Waals surface area (Å²) >= 11 is 0. The molecule has 2 fully saturated rings. The van der Waals surface area contributed by atoms with E-state index < -0.39 is 0 Å². The molecule has 0 aliphatic carbocycles. The fourth-order valence-corrected chi connectivity index (χ4v) is 5.58. The van der Waals surface area contributed by atoms with Crippen molar-refractivity contribution >= 4 is 28.4 Å². The molecular formula is C30H34N6O. The zero-order valence-corrected chi connectivity index (χ0v) is 21.9. The van der Waals surface area contributed by atoms with Gasteiger partial charge in [0.2, 0.25) is 5.95 Å². The van der Waals surface area contributed by atoms with Crippen LogP contribution < -0.4 is 14.7 Å². The summed E-state index contributed by atoms with van der Waals surface area (Å²) in [5.74, 6) is 2.86. The minimum Gasteiger partial charge on any atom is -0.378 e. The Morgan fingerprint density at radius 2 is 1.62 bits per heavy atom. The fraction of sp³-hybridized carbons (Fsp3) is 0.367. The predicted molar refractivity (Wildman–Crippen MR) is 151 cm³/mol. The number of benzene rings is 2. The number of anilines is 3. The Morgan fingerprint density at radius 3 is 2.41 bits per heavy atom. The molecule has 37 heavy (non-hydrogen) atoms. The van der Waals surface area contributed by atoms with E-state index in [0.717, 1.165) is 61.6 Å². The molecule has 4 aromatic rings. The largest absolute Gasteiger partial charge is 0.378 e. The Kier molecular flexibility index (Phi) is 6.38. The summed E-state index contributed by atoms with van der Waals surface area (Å²) in [6.45, 7) is 12.3. The lowest BCUT2D eigenvalue weighted by Crippen LogP contribution is -2.53. The number of aromatic nitrogens is 3. The van der Waals surface area contributed by atoms with Crippen molar-refractivity contribution in [3.8, 4) is 11.3 Å². The maximum atomic E-state index is 5.61. The van der Waals surface area contributed by atoms with Gasteiger partial charge in [-0.2, -0.15) is 4.98 Å². The Balaban J connectivity index is 1.39. The average Bonchev–Trinajstić information content (AvgIpc) is 2.94. The van der Waals surface area contributed by atoms with Crippen molar-refractivity contribution in [1.29, 1.82) is 0 Å². The molecule has 1 atom stereocenters. The zero-order chi connectivity index (χ0) is 25.4. The lowest BCUT2D eigenvalue weighted by atomic mass is 9.98. The molecule has 0 radical (unpaired) electrons. The first kappa shape index (κ1) is 23.7. The third-order valence-electron chi connectivity index (χ3n) is 7.62. The average molecular weight is 495 g/mol. The third kappa shape index (κ3) is 4.60. The highest BCUT2D eigenvalue weighted by molar-refractivity contribution is 5.98. The van der Waals surface area contributed by atoms with Crippen LogP contribution in [0, 0.1) is 13.8 Å². The SMILES string of the molecule is Cc1cccnc1N1CCN(c2cc(-c3ccc(C)c4ccccc34)nc(N3CCOCC3)n2)[C@H](C)C1. The first-order valence-electron chi connectivity index (χ1n) is 13.2. The van der Waals surface area contributed by atoms with Crippen LogP contribution >= 0.6 is 0 Å². The lowest BCUT2D eigenvalue weighted by Gasteiger charge is -2.41. The molecule has 0 saturated carbocycles. The second kappa shape index (κ2) is 9.98. The number of piperazine rings is 1. The van der Waals surface area contributed by atoms with Gasteiger partial charge in [-0.25, -0.2) is 9.97 Å². The Hall–Kier alpha value is -3.71. The molecule has 0 spiro atoms. The van der Waals surface area contributed by atoms with Crippen molar-refractivity contribution in [3.05, 3.63) is 71.9 Å². The molecule has 0 N–H and O–H groups in total. The molecule has 2 aliphatic heterocycles. The third-order valence-corrected chi connectivity index (χ3v) is 7.62. The standard InChI is InChI=1S/C30H34N6O/c1-21-10-11-26(25-9-5-4-8-24(21)25)27-19-28(33-30(32-27)34-15-17-37-18-16-34)36-14-13-35(20-23(36)3)29-22(2)7-6-12-31-29/h4-12,19,23H,13-18,20H2,1-3H3/t23-/m1/s1. The van der Waals surface area contributed by atoms with Crippen LogP contribution in [0.5, 0.6) is 0 Å². The lowest BCUT2D eigenvalue weighted by molar-refractivity contribution is 0.122. The van der Waals surface area contributed by atoms with Gasteiger partial charge in [0, 0.05) is 56.6 Å². The molecule has 2 aliphatic rings. The van der Waals surface area contributed by atoms with Gasteiger partial charge in [-0.3, -0.25) is 0 Å². The molecule has 6 rings (SSSR count). The van der Waals surface area contributed by atoms with E-state index >= 15 is 0 Å². The van der Waals surface area contributed by atoms with E-state index in [2.05, 4.69) is 89.0 Å². The van der Waals surface area contributed by atoms with Gasteiger partial charge in [0.05, 0.1) is 18.9 Å². The summed E-state index contributed by atoms with van der Waals surface area (Å²) in [6.07, 6.45) is 1.89. The van der Waals surface area contributed by atoms with Gasteiger partial charge in [0.1, 0.15) is 11.6 Å². The van der Waals surface area contributed by atoms with E-state index in [1.807, 2.05) is 12.3 Å². The van der Waals surface area contributed by atoms with Crippen LogP contribution in [0.4, 0.5) is 17.6 Å². The van der Waals surface area contributed by atoms with Gasteiger partial charge in [0.25, 0.3) is 0 Å². The number of hydrogen-bond acceptors (Lipinski definition) is 7. The van der Waals surface area contributed by atoms with Crippen LogP contribution in [0.3, 0.4) is 0 Å². The van der Waals surface area contributed by atoms with Crippen molar-refractivity contribution in [1.82, 2.24) is 15.0 Å². The topological polar surface area (TPSA) is 57.6 Å². The van der Waals surface area contributed by atoms with Gasteiger partial charge in [-0.1, -0.05) is 42.5 Å². The maximum absolute atomic E-state index is 5.61. The van der Waals surface area contributed by atoms with Gasteiger partial charge >= 0.3 is 0 Å². The summed E-state index contributed by atoms with van der Waals surface area (Å²) in [7, 11) is 0. The van der Waals surface area contributed by atoms with Crippen LogP contribution in [0.15, 0.2) is 60.8 Å². The Morgan fingerprint density at radius 1 is 0.811 bits per heavy atom. The summed E-state index contributed by atoms with van der Waals surface area (Å²) < 4.78 is 5.61. The number of rotatable bonds is 4. The van der Waals surface area contributed by atoms with Crippen molar-refractivity contribution in [2.75, 3.05) is 60.6 Å². The molecule has 7 nitrogen and oxygen atoms in total. The number of aryl methyl sites for hydroxylation is 2. The van der Waals surface area contributed by atoms with E-state index in [9.17, 15) is 0 Å². The molecule has 0 amide bonds. The normalized spacial score (nSPS) is 18.5. The van der Waals surface area contributed by atoms with Gasteiger partial charge in [-0.05, 0) is 48.7 Å². The number of fused-ring (bicyclic) bond motifs is 1. The molecule has 2 aromatic heterocycles. The molecule has 4 heterocycles. The van der Waals surface area contributed by atoms with Crippen molar-refractivity contribution < 1.29 is 4.74 Å². The number of hydrogen-bond donors (Lipinski definition) is 0. The van der Waals surface area contributed by atoms with E-state index in [4.69, 9.17) is 14.7 Å². The Labute approximate surface area is 218 Å². The summed E-state index contributed by atoms with van der Waals surface area (Å²) in [4.78, 5) is 22.0. The van der Waals surface area contributed by atoms with Crippen molar-refractivity contribution in [3.63, 3.8) is 0 Å². The van der Waals surface area contributed by atoms with Crippen LogP contribution in [0.2, 0.25) is 0 Å². The number of nitrogens with zero attached hydrogens (tertiary/aromatic N) is 6. The number of ether oxygens (including phenoxy) is 1. The van der Waals surface area contributed by atoms with Crippen LogP contribution in [0.1, 0.15) is 18.1 Å². The van der Waals surface area contributed by atoms with Crippen molar-refractivity contribution in [2.45, 2.75) is 26.8 Å². The van der Waals surface area contributed by atoms with Gasteiger partial charge < -0.3 is 19.4 Å². The molecule has 2 saturated heterocycles. The maximum Gasteiger partial charge on any atom is 0.228 e. The highest BCUT2D eigenvalue weighted by atomic mass is 16.5. The molecule has 190 valence electrons. The first-order chi connectivity index (χ1) is 18.1. The molecule has 0 unspecified atom stereocenters. The van der Waals surface area contributed by atoms with E-state index in [1.54, 1.807) is 0 Å². The zero-order valence-electron chi connectivity index (χ0n) is 21.9. The molecule has 7 heteroatoms. The smallest absolute Gasteiger partial charge is 0.228 e. The molecule has 0 bridgehead atoms. The number of morpholine rings is 1. The van der Waals surface area contributed by atoms with E-state index in [1.165, 1.54) is 21.9 Å². The van der Waals surface area contributed by atoms with Crippen LogP contribution in [-0.2, 0) is 4.74 Å². The predicted octanol–water partition coefficient (Wildman–Crippen LogP) is 4.86. The quantitative estimate of drug-likeness (QED) is 0.402. The fourth-order valence-electron chi connectivity index (χ4n) is 5.58. The van der Waals surface area contributed by atoms with Crippen LogP contribution in [-0.4, -0.2) is 66.9 Å². The highest BCUT2D eigenvalue weighted by Gasteiger charge is 2.28. The molecule has 2 aromatic carbocycles.